The predicted octanol–water partition coefficient (Wildman–Crippen LogP) is 5.70. The Balaban J connectivity index is 1.61. The first-order chi connectivity index (χ1) is 12.3. The van der Waals surface area contributed by atoms with Crippen LogP contribution in [0.25, 0.3) is 0 Å². The van der Waals surface area contributed by atoms with E-state index in [-0.39, 0.29) is 12.2 Å². The van der Waals surface area contributed by atoms with Crippen LogP contribution in [-0.4, -0.2) is 16.3 Å². The summed E-state index contributed by atoms with van der Waals surface area (Å²) in [4.78, 5) is 0. The van der Waals surface area contributed by atoms with Gasteiger partial charge < -0.3 is 4.74 Å². The molecule has 0 unspecified atom stereocenters. The van der Waals surface area contributed by atoms with Crippen LogP contribution in [0.3, 0.4) is 0 Å². The lowest BCUT2D eigenvalue weighted by atomic mass is 9.94. The number of halogens is 4. The first-order valence-corrected chi connectivity index (χ1v) is 9.01. The molecule has 1 aromatic heterocycles. The molecule has 7 heteroatoms. The van der Waals surface area contributed by atoms with Gasteiger partial charge in [-0.1, -0.05) is 23.7 Å². The van der Waals surface area contributed by atoms with E-state index >= 15 is 0 Å². The molecule has 1 aromatic carbocycles. The fourth-order valence-electron chi connectivity index (χ4n) is 3.27. The monoisotopic (exact) mass is 384 g/mol. The van der Waals surface area contributed by atoms with Crippen molar-refractivity contribution in [1.29, 1.82) is 0 Å². The summed E-state index contributed by atoms with van der Waals surface area (Å²) in [6.07, 6.45) is 1.68. The molecule has 0 amide bonds. The minimum atomic E-state index is -4.31. The van der Waals surface area contributed by atoms with E-state index in [1.165, 1.54) is 12.1 Å². The third-order valence-electron chi connectivity index (χ3n) is 4.84. The maximum atomic E-state index is 12.7. The quantitative estimate of drug-likeness (QED) is 0.678. The molecule has 1 aliphatic heterocycles. The van der Waals surface area contributed by atoms with Crippen molar-refractivity contribution in [2.75, 3.05) is 0 Å². The van der Waals surface area contributed by atoms with Gasteiger partial charge in [-0.2, -0.15) is 18.3 Å². The van der Waals surface area contributed by atoms with Crippen LogP contribution < -0.4 is 0 Å². The minimum Gasteiger partial charge on any atom is -0.370 e. The molecular weight excluding hydrogens is 365 g/mol. The Labute approximate surface area is 155 Å². The van der Waals surface area contributed by atoms with Crippen molar-refractivity contribution in [3.8, 4) is 0 Å². The Bertz CT molecular complexity index is 749. The Kier molecular flexibility index (Phi) is 5.82. The van der Waals surface area contributed by atoms with Crippen molar-refractivity contribution >= 4 is 11.6 Å². The molecule has 0 radical (unpaired) electrons. The second-order valence-corrected chi connectivity index (χ2v) is 6.98. The first kappa shape index (κ1) is 19.1. The second-order valence-electron chi connectivity index (χ2n) is 6.62. The van der Waals surface area contributed by atoms with Crippen molar-refractivity contribution in [3.63, 3.8) is 0 Å². The van der Waals surface area contributed by atoms with Crippen molar-refractivity contribution in [2.45, 2.75) is 57.4 Å². The first-order valence-electron chi connectivity index (χ1n) is 8.64. The number of rotatable bonds is 4. The summed E-state index contributed by atoms with van der Waals surface area (Å²) in [6, 6.07) is 5.28. The molecule has 26 heavy (non-hydrogen) atoms. The number of benzene rings is 1. The second kappa shape index (κ2) is 7.92. The van der Waals surface area contributed by atoms with Gasteiger partial charge in [-0.05, 0) is 67.9 Å². The van der Waals surface area contributed by atoms with Gasteiger partial charge in [0.05, 0.1) is 24.0 Å². The van der Waals surface area contributed by atoms with Crippen LogP contribution in [0.4, 0.5) is 13.2 Å². The lowest BCUT2D eigenvalue weighted by Gasteiger charge is -2.30. The van der Waals surface area contributed by atoms with Crippen LogP contribution in [-0.2, 0) is 17.3 Å². The van der Waals surface area contributed by atoms with Crippen molar-refractivity contribution < 1.29 is 17.9 Å². The van der Waals surface area contributed by atoms with E-state index in [0.717, 1.165) is 60.9 Å². The summed E-state index contributed by atoms with van der Waals surface area (Å²) < 4.78 is 44.2. The van der Waals surface area contributed by atoms with Crippen molar-refractivity contribution in [1.82, 2.24) is 10.2 Å². The maximum Gasteiger partial charge on any atom is 0.416 e. The minimum absolute atomic E-state index is 0.0717. The van der Waals surface area contributed by atoms with E-state index in [9.17, 15) is 13.2 Å². The number of alkyl halides is 3. The summed E-state index contributed by atoms with van der Waals surface area (Å²) in [5.74, 6) is 0. The highest BCUT2D eigenvalue weighted by molar-refractivity contribution is 6.30. The molecule has 0 aliphatic carbocycles. The molecule has 140 valence electrons. The summed E-state index contributed by atoms with van der Waals surface area (Å²) >= 11 is 6.00. The van der Waals surface area contributed by atoms with E-state index in [4.69, 9.17) is 16.3 Å². The third kappa shape index (κ3) is 4.54. The van der Waals surface area contributed by atoms with Gasteiger partial charge in [0.15, 0.2) is 5.15 Å². The molecule has 0 bridgehead atoms. The molecule has 2 aromatic rings. The van der Waals surface area contributed by atoms with Gasteiger partial charge in [0, 0.05) is 0 Å². The number of hydrogen-bond acceptors (Lipinski definition) is 3. The van der Waals surface area contributed by atoms with Gasteiger partial charge in [0.25, 0.3) is 0 Å². The summed E-state index contributed by atoms with van der Waals surface area (Å²) in [6.45, 7) is 1.92. The van der Waals surface area contributed by atoms with E-state index in [0.29, 0.717) is 5.15 Å². The van der Waals surface area contributed by atoms with E-state index in [2.05, 4.69) is 10.2 Å². The highest BCUT2D eigenvalue weighted by Gasteiger charge is 2.31. The van der Waals surface area contributed by atoms with Crippen molar-refractivity contribution in [3.05, 3.63) is 57.9 Å². The Morgan fingerprint density at radius 1 is 1.19 bits per heavy atom. The van der Waals surface area contributed by atoms with Crippen LogP contribution in [0, 0.1) is 6.92 Å². The lowest BCUT2D eigenvalue weighted by molar-refractivity contribution is -0.137. The van der Waals surface area contributed by atoms with Crippen LogP contribution in [0.5, 0.6) is 0 Å². The number of hydrogen-bond donors (Lipinski definition) is 0. The lowest BCUT2D eigenvalue weighted by Crippen LogP contribution is -2.23. The van der Waals surface area contributed by atoms with Gasteiger partial charge in [0.2, 0.25) is 0 Å². The molecule has 0 spiro atoms. The fourth-order valence-corrected chi connectivity index (χ4v) is 3.43. The molecule has 1 fully saturated rings. The highest BCUT2D eigenvalue weighted by Crippen LogP contribution is 2.35. The predicted molar refractivity (Wildman–Crippen MR) is 93.0 cm³/mol. The molecule has 1 saturated heterocycles. The topological polar surface area (TPSA) is 35.0 Å². The van der Waals surface area contributed by atoms with Crippen LogP contribution in [0.2, 0.25) is 5.15 Å². The average Bonchev–Trinajstić information content (AvgIpc) is 2.63. The smallest absolute Gasteiger partial charge is 0.370 e. The van der Waals surface area contributed by atoms with Crippen LogP contribution in [0.15, 0.2) is 30.5 Å². The van der Waals surface area contributed by atoms with E-state index in [1.54, 1.807) is 6.20 Å². The standard InChI is InChI=1S/C19H20ClF3N2O/c1-12-14(11-24-25-18(12)20)7-10-16-3-2-4-17(26-16)13-5-8-15(9-6-13)19(21,22)23/h5-6,8-9,11,16-17H,2-4,7,10H2,1H3/t16-,17+/m1/s1. The molecule has 0 saturated carbocycles. The molecular formula is C19H20ClF3N2O. The summed E-state index contributed by atoms with van der Waals surface area (Å²) in [7, 11) is 0. The zero-order chi connectivity index (χ0) is 18.7. The molecule has 3 rings (SSSR count). The van der Waals surface area contributed by atoms with Gasteiger partial charge in [-0.25, -0.2) is 0 Å². The van der Waals surface area contributed by atoms with Gasteiger partial charge >= 0.3 is 6.18 Å². The normalized spacial score (nSPS) is 21.0. The number of aromatic nitrogens is 2. The van der Waals surface area contributed by atoms with Crippen LogP contribution in [0.1, 0.15) is 54.0 Å². The third-order valence-corrected chi connectivity index (χ3v) is 5.20. The van der Waals surface area contributed by atoms with Gasteiger partial charge in [-0.3, -0.25) is 0 Å². The summed E-state index contributed by atoms with van der Waals surface area (Å²) in [5.41, 5.74) is 2.14. The Morgan fingerprint density at radius 2 is 1.92 bits per heavy atom. The van der Waals surface area contributed by atoms with E-state index in [1.807, 2.05) is 6.92 Å². The zero-order valence-corrected chi connectivity index (χ0v) is 15.1. The molecule has 3 nitrogen and oxygen atoms in total. The number of nitrogens with zero attached hydrogens (tertiary/aromatic N) is 2. The van der Waals surface area contributed by atoms with Crippen molar-refractivity contribution in [2.24, 2.45) is 0 Å². The molecule has 2 heterocycles. The number of ether oxygens (including phenoxy) is 1. The van der Waals surface area contributed by atoms with Crippen LogP contribution >= 0.6 is 11.6 Å². The van der Waals surface area contributed by atoms with E-state index < -0.39 is 11.7 Å². The summed E-state index contributed by atoms with van der Waals surface area (Å²) in [5, 5.41) is 8.11. The highest BCUT2D eigenvalue weighted by atomic mass is 35.5. The Hall–Kier alpha value is -1.66. The van der Waals surface area contributed by atoms with Gasteiger partial charge in [-0.15, -0.1) is 5.10 Å². The van der Waals surface area contributed by atoms with Gasteiger partial charge in [0.1, 0.15) is 0 Å². The largest absolute Gasteiger partial charge is 0.416 e. The number of aryl methyl sites for hydroxylation is 1. The maximum absolute atomic E-state index is 12.7. The molecule has 0 N–H and O–H groups in total. The Morgan fingerprint density at radius 3 is 2.62 bits per heavy atom. The average molecular weight is 385 g/mol. The fraction of sp³-hybridized carbons (Fsp3) is 0.474. The molecule has 1 aliphatic rings. The SMILES string of the molecule is Cc1c(CC[C@H]2CCC[C@@H](c3ccc(C(F)(F)F)cc3)O2)cnnc1Cl. The molecule has 2 atom stereocenters. The zero-order valence-electron chi connectivity index (χ0n) is 14.4.